The van der Waals surface area contributed by atoms with Crippen molar-refractivity contribution in [2.75, 3.05) is 19.6 Å². The van der Waals surface area contributed by atoms with Crippen molar-refractivity contribution in [2.24, 2.45) is 0 Å². The summed E-state index contributed by atoms with van der Waals surface area (Å²) in [7, 11) is 0. The molecule has 1 saturated carbocycles. The van der Waals surface area contributed by atoms with Gasteiger partial charge in [-0.05, 0) is 25.0 Å². The van der Waals surface area contributed by atoms with Gasteiger partial charge in [-0.2, -0.15) is 0 Å². The van der Waals surface area contributed by atoms with Gasteiger partial charge in [0.2, 0.25) is 0 Å². The maximum atomic E-state index is 12.7. The van der Waals surface area contributed by atoms with E-state index in [1.54, 1.807) is 0 Å². The molecule has 0 bridgehead atoms. The highest BCUT2D eigenvalue weighted by atomic mass is 16.2. The van der Waals surface area contributed by atoms with E-state index in [0.717, 1.165) is 50.6 Å². The maximum Gasteiger partial charge on any atom is 0.325 e. The quantitative estimate of drug-likeness (QED) is 0.603. The Hall–Kier alpha value is -1.36. The number of hydrogen-bond donors (Lipinski definition) is 2. The summed E-state index contributed by atoms with van der Waals surface area (Å²) in [6, 6.07) is -0.252. The zero-order valence-corrected chi connectivity index (χ0v) is 13.0. The van der Waals surface area contributed by atoms with Crippen molar-refractivity contribution < 1.29 is 9.59 Å². The van der Waals surface area contributed by atoms with E-state index in [4.69, 9.17) is 0 Å². The number of nitrogens with zero attached hydrogens (tertiary/aromatic N) is 1. The van der Waals surface area contributed by atoms with E-state index in [0.29, 0.717) is 13.1 Å². The summed E-state index contributed by atoms with van der Waals surface area (Å²) in [5.41, 5.74) is 0.221. The molecule has 21 heavy (non-hydrogen) atoms. The van der Waals surface area contributed by atoms with Crippen LogP contribution in [-0.2, 0) is 4.79 Å². The molecule has 1 aliphatic heterocycles. The van der Waals surface area contributed by atoms with E-state index < -0.39 is 5.54 Å². The molecule has 0 aromatic heterocycles. The SMILES string of the molecule is C=C(CNCC)CN1C(=O)NC2(CCCCCCC2)C1=O. The second-order valence-corrected chi connectivity index (χ2v) is 6.20. The maximum absolute atomic E-state index is 12.7. The minimum absolute atomic E-state index is 0.0490. The molecule has 1 spiro atoms. The first-order valence-corrected chi connectivity index (χ1v) is 8.10. The van der Waals surface area contributed by atoms with E-state index in [2.05, 4.69) is 17.2 Å². The topological polar surface area (TPSA) is 61.4 Å². The van der Waals surface area contributed by atoms with Crippen LogP contribution in [-0.4, -0.2) is 42.0 Å². The summed E-state index contributed by atoms with van der Waals surface area (Å²) in [5.74, 6) is -0.0490. The van der Waals surface area contributed by atoms with Crippen LogP contribution < -0.4 is 10.6 Å². The predicted octanol–water partition coefficient (Wildman–Crippen LogP) is 2.19. The van der Waals surface area contributed by atoms with Gasteiger partial charge >= 0.3 is 6.03 Å². The summed E-state index contributed by atoms with van der Waals surface area (Å²) in [4.78, 5) is 26.3. The van der Waals surface area contributed by atoms with Gasteiger partial charge in [-0.1, -0.05) is 45.6 Å². The van der Waals surface area contributed by atoms with Crippen molar-refractivity contribution >= 4 is 11.9 Å². The summed E-state index contributed by atoms with van der Waals surface area (Å²) in [5, 5.41) is 6.15. The molecule has 0 aromatic carbocycles. The normalized spacial score (nSPS) is 22.0. The number of carbonyl (C=O) groups is 2. The van der Waals surface area contributed by atoms with Crippen LogP contribution in [0.2, 0.25) is 0 Å². The van der Waals surface area contributed by atoms with Crippen molar-refractivity contribution in [2.45, 2.75) is 57.4 Å². The van der Waals surface area contributed by atoms with Crippen LogP contribution in [0, 0.1) is 0 Å². The van der Waals surface area contributed by atoms with Crippen molar-refractivity contribution in [3.8, 4) is 0 Å². The number of rotatable bonds is 5. The molecule has 2 rings (SSSR count). The van der Waals surface area contributed by atoms with Crippen LogP contribution in [0.4, 0.5) is 4.79 Å². The van der Waals surface area contributed by atoms with Gasteiger partial charge in [0.15, 0.2) is 0 Å². The van der Waals surface area contributed by atoms with Gasteiger partial charge in [-0.3, -0.25) is 9.69 Å². The highest BCUT2D eigenvalue weighted by Crippen LogP contribution is 2.32. The molecule has 2 fully saturated rings. The minimum atomic E-state index is -0.643. The lowest BCUT2D eigenvalue weighted by Crippen LogP contribution is -2.47. The van der Waals surface area contributed by atoms with Crippen molar-refractivity contribution in [3.63, 3.8) is 0 Å². The van der Waals surface area contributed by atoms with E-state index in [-0.39, 0.29) is 11.9 Å². The van der Waals surface area contributed by atoms with Gasteiger partial charge in [0.05, 0.1) is 6.54 Å². The highest BCUT2D eigenvalue weighted by molar-refractivity contribution is 6.07. The van der Waals surface area contributed by atoms with Crippen molar-refractivity contribution in [1.82, 2.24) is 15.5 Å². The second-order valence-electron chi connectivity index (χ2n) is 6.20. The smallest absolute Gasteiger partial charge is 0.323 e. The Morgan fingerprint density at radius 3 is 2.48 bits per heavy atom. The summed E-state index contributed by atoms with van der Waals surface area (Å²) < 4.78 is 0. The minimum Gasteiger partial charge on any atom is -0.323 e. The highest BCUT2D eigenvalue weighted by Gasteiger charge is 2.50. The lowest BCUT2D eigenvalue weighted by atomic mass is 9.84. The van der Waals surface area contributed by atoms with Gasteiger partial charge < -0.3 is 10.6 Å². The third kappa shape index (κ3) is 3.64. The Kier molecular flexibility index (Phi) is 5.39. The van der Waals surface area contributed by atoms with Crippen LogP contribution in [0.25, 0.3) is 0 Å². The molecule has 0 radical (unpaired) electrons. The lowest BCUT2D eigenvalue weighted by molar-refractivity contribution is -0.131. The first-order valence-electron chi connectivity index (χ1n) is 8.10. The average molecular weight is 293 g/mol. The fraction of sp³-hybridized carbons (Fsp3) is 0.750. The molecule has 5 heteroatoms. The number of carbonyl (C=O) groups excluding carboxylic acids is 2. The molecule has 5 nitrogen and oxygen atoms in total. The molecule has 1 saturated heterocycles. The number of urea groups is 1. The Bertz CT molecular complexity index is 412. The third-order valence-electron chi connectivity index (χ3n) is 4.46. The van der Waals surface area contributed by atoms with Gasteiger partial charge in [0.1, 0.15) is 5.54 Å². The Balaban J connectivity index is 2.02. The van der Waals surface area contributed by atoms with Gasteiger partial charge in [0, 0.05) is 6.54 Å². The van der Waals surface area contributed by atoms with Crippen LogP contribution in [0.15, 0.2) is 12.2 Å². The first-order chi connectivity index (χ1) is 10.1. The largest absolute Gasteiger partial charge is 0.325 e. The summed E-state index contributed by atoms with van der Waals surface area (Å²) in [6.07, 6.45) is 7.11. The number of hydrogen-bond acceptors (Lipinski definition) is 3. The molecule has 2 aliphatic rings. The van der Waals surface area contributed by atoms with Crippen LogP contribution in [0.1, 0.15) is 51.9 Å². The van der Waals surface area contributed by atoms with Crippen LogP contribution >= 0.6 is 0 Å². The molecular formula is C16H27N3O2. The van der Waals surface area contributed by atoms with Crippen molar-refractivity contribution in [1.29, 1.82) is 0 Å². The van der Waals surface area contributed by atoms with Gasteiger partial charge in [-0.15, -0.1) is 0 Å². The number of amides is 3. The van der Waals surface area contributed by atoms with E-state index in [9.17, 15) is 9.59 Å². The zero-order valence-electron chi connectivity index (χ0n) is 13.0. The lowest BCUT2D eigenvalue weighted by Gasteiger charge is -2.28. The molecule has 0 unspecified atom stereocenters. The number of imide groups is 1. The Labute approximate surface area is 127 Å². The van der Waals surface area contributed by atoms with E-state index >= 15 is 0 Å². The molecule has 2 N–H and O–H groups in total. The van der Waals surface area contributed by atoms with Crippen LogP contribution in [0.5, 0.6) is 0 Å². The second kappa shape index (κ2) is 7.07. The van der Waals surface area contributed by atoms with E-state index in [1.165, 1.54) is 11.3 Å². The fourth-order valence-electron chi connectivity index (χ4n) is 3.25. The molecule has 1 aliphatic carbocycles. The van der Waals surface area contributed by atoms with Crippen molar-refractivity contribution in [3.05, 3.63) is 12.2 Å². The van der Waals surface area contributed by atoms with Gasteiger partial charge in [0.25, 0.3) is 5.91 Å². The summed E-state index contributed by atoms with van der Waals surface area (Å²) >= 11 is 0. The number of likely N-dealkylation sites (N-methyl/N-ethyl adjacent to an activating group) is 1. The first kappa shape index (κ1) is 16.0. The Morgan fingerprint density at radius 1 is 1.24 bits per heavy atom. The fourth-order valence-corrected chi connectivity index (χ4v) is 3.25. The van der Waals surface area contributed by atoms with Gasteiger partial charge in [-0.25, -0.2) is 4.79 Å². The third-order valence-corrected chi connectivity index (χ3v) is 4.46. The molecule has 0 atom stereocenters. The zero-order chi connectivity index (χ0) is 15.3. The molecular weight excluding hydrogens is 266 g/mol. The van der Waals surface area contributed by atoms with E-state index in [1.807, 2.05) is 6.92 Å². The molecule has 3 amide bonds. The monoisotopic (exact) mass is 293 g/mol. The Morgan fingerprint density at radius 2 is 1.86 bits per heavy atom. The number of nitrogens with one attached hydrogen (secondary N) is 2. The molecule has 1 heterocycles. The predicted molar refractivity (Wildman–Crippen MR) is 83.0 cm³/mol. The average Bonchev–Trinajstić information content (AvgIpc) is 2.66. The standard InChI is InChI=1S/C16H27N3O2/c1-3-17-11-13(2)12-19-14(20)16(18-15(19)21)9-7-5-4-6-8-10-16/h17H,2-12H2,1H3,(H,18,21). The molecule has 0 aromatic rings. The molecule has 118 valence electrons. The summed E-state index contributed by atoms with van der Waals surface area (Å²) in [6.45, 7) is 7.78. The van der Waals surface area contributed by atoms with Crippen LogP contribution in [0.3, 0.4) is 0 Å².